The molecule has 5 rings (SSSR count). The molecule has 4 heterocycles. The van der Waals surface area contributed by atoms with E-state index in [0.29, 0.717) is 24.9 Å². The monoisotopic (exact) mass is 1280 g/mol. The molecule has 5 aromatic rings. The quantitative estimate of drug-likeness (QED) is 0.0134. The van der Waals surface area contributed by atoms with Gasteiger partial charge in [0.1, 0.15) is 57.0 Å². The fourth-order valence-electron chi connectivity index (χ4n) is 9.32. The van der Waals surface area contributed by atoms with E-state index in [1.54, 1.807) is 30.3 Å². The van der Waals surface area contributed by atoms with Crippen molar-refractivity contribution >= 4 is 47.3 Å². The Labute approximate surface area is 524 Å². The first kappa shape index (κ1) is 72.4. The third-order valence-corrected chi connectivity index (χ3v) is 14.4. The van der Waals surface area contributed by atoms with Crippen molar-refractivity contribution in [3.8, 4) is 0 Å². The van der Waals surface area contributed by atoms with Crippen LogP contribution in [0.2, 0.25) is 0 Å². The molecule has 0 fully saturated rings. The molecule has 0 saturated heterocycles. The van der Waals surface area contributed by atoms with E-state index in [1.165, 1.54) is 52.5 Å². The molecule has 0 aliphatic rings. The molecule has 0 aliphatic heterocycles. The molecule has 4 aromatic heterocycles. The number of nitrogens with zero attached hydrogens (tertiary/aromatic N) is 4. The SMILES string of the molecule is Cc1cn(CC(=O)N[C@@H](CCCCN)C(=O)NCCCC[C@H](NC(=O)Cn2cc(C)c(=O)[nH]c2=O)C(=O)NCCCC[C@H](NC(=O)Cn2cc(C)c(=O)[nH]c2=O)C(=O)NCCCC[C@H](NC(=O)Cn2cc(C)c(=O)[nH]c2=O)C(=O)OCc2ccccc2)c(=O)[nH]c1=O. The number of unbranched alkanes of at least 4 members (excludes halogenated alkanes) is 4. The molecule has 0 aliphatic carbocycles. The number of rotatable bonds is 37. The zero-order valence-corrected chi connectivity index (χ0v) is 51.7. The van der Waals surface area contributed by atoms with Gasteiger partial charge in [0.15, 0.2) is 0 Å². The Balaban J connectivity index is 1.20. The lowest BCUT2D eigenvalue weighted by molar-refractivity contribution is -0.149. The Hall–Kier alpha value is -10.3. The van der Waals surface area contributed by atoms with E-state index in [4.69, 9.17) is 10.5 Å². The maximum Gasteiger partial charge on any atom is 0.328 e. The van der Waals surface area contributed by atoms with Crippen LogP contribution in [0.4, 0.5) is 0 Å². The normalized spacial score (nSPS) is 12.3. The molecule has 0 saturated carbocycles. The molecular weight excluding hydrogens is 1200 g/mol. The van der Waals surface area contributed by atoms with Crippen molar-refractivity contribution in [2.45, 2.75) is 162 Å². The zero-order valence-electron chi connectivity index (χ0n) is 51.7. The van der Waals surface area contributed by atoms with Gasteiger partial charge in [-0.25, -0.2) is 24.0 Å². The van der Waals surface area contributed by atoms with E-state index in [-0.39, 0.29) is 113 Å². The lowest BCUT2D eigenvalue weighted by atomic mass is 10.1. The molecule has 0 unspecified atom stereocenters. The van der Waals surface area contributed by atoms with Crippen LogP contribution in [-0.4, -0.2) is 136 Å². The summed E-state index contributed by atoms with van der Waals surface area (Å²) in [6, 6.07) is 4.17. The second-order valence-corrected chi connectivity index (χ2v) is 22.0. The predicted octanol–water partition coefficient (Wildman–Crippen LogP) is -3.91. The molecule has 0 bridgehead atoms. The van der Waals surface area contributed by atoms with Crippen LogP contribution in [0, 0.1) is 27.7 Å². The van der Waals surface area contributed by atoms with Gasteiger partial charge in [-0.1, -0.05) is 30.3 Å². The number of H-pyrrole nitrogens is 4. The smallest absolute Gasteiger partial charge is 0.328 e. The minimum absolute atomic E-state index is 0.00213. The topological polar surface area (TPSA) is 475 Å². The van der Waals surface area contributed by atoms with E-state index >= 15 is 0 Å². The second kappa shape index (κ2) is 36.4. The Morgan fingerprint density at radius 2 is 0.696 bits per heavy atom. The molecule has 92 heavy (non-hydrogen) atoms. The summed E-state index contributed by atoms with van der Waals surface area (Å²) in [7, 11) is 0. The van der Waals surface area contributed by atoms with Gasteiger partial charge in [-0.2, -0.15) is 0 Å². The lowest BCUT2D eigenvalue weighted by Crippen LogP contribution is -2.49. The Morgan fingerprint density at radius 3 is 1.00 bits per heavy atom. The van der Waals surface area contributed by atoms with E-state index in [9.17, 15) is 76.7 Å². The summed E-state index contributed by atoms with van der Waals surface area (Å²) in [6.45, 7) is 3.95. The number of aromatic nitrogens is 8. The summed E-state index contributed by atoms with van der Waals surface area (Å²) in [5, 5.41) is 18.7. The van der Waals surface area contributed by atoms with Crippen LogP contribution >= 0.6 is 0 Å². The lowest BCUT2D eigenvalue weighted by Gasteiger charge is -2.21. The highest BCUT2D eigenvalue weighted by molar-refractivity contribution is 5.89. The van der Waals surface area contributed by atoms with Gasteiger partial charge in [-0.3, -0.25) is 90.9 Å². The fourth-order valence-corrected chi connectivity index (χ4v) is 9.32. The summed E-state index contributed by atoms with van der Waals surface area (Å²) in [5.74, 6) is -5.51. The summed E-state index contributed by atoms with van der Waals surface area (Å²) < 4.78 is 9.41. The first-order chi connectivity index (χ1) is 43.8. The van der Waals surface area contributed by atoms with Crippen molar-refractivity contribution in [3.63, 3.8) is 0 Å². The van der Waals surface area contributed by atoms with Crippen LogP contribution in [0.1, 0.15) is 105 Å². The summed E-state index contributed by atoms with van der Waals surface area (Å²) in [6.07, 6.45) is 7.55. The summed E-state index contributed by atoms with van der Waals surface area (Å²) >= 11 is 0. The number of ether oxygens (including phenoxy) is 1. The Kier molecular flexibility index (Phi) is 28.6. The third-order valence-electron chi connectivity index (χ3n) is 14.4. The number of aryl methyl sites for hydroxylation is 4. The minimum atomic E-state index is -1.21. The van der Waals surface area contributed by atoms with E-state index < -0.39 is 143 Å². The van der Waals surface area contributed by atoms with Gasteiger partial charge in [0.05, 0.1) is 0 Å². The third kappa shape index (κ3) is 23.9. The molecule has 4 atom stereocenters. The number of carbonyl (C=O) groups excluding carboxylic acids is 8. The van der Waals surface area contributed by atoms with E-state index in [1.807, 2.05) is 0 Å². The minimum Gasteiger partial charge on any atom is -0.459 e. The van der Waals surface area contributed by atoms with Crippen LogP contribution in [0.5, 0.6) is 0 Å². The van der Waals surface area contributed by atoms with Gasteiger partial charge >= 0.3 is 28.7 Å². The van der Waals surface area contributed by atoms with Gasteiger partial charge < -0.3 is 47.7 Å². The number of hydrogen-bond donors (Lipinski definition) is 12. The van der Waals surface area contributed by atoms with E-state index in [0.717, 1.165) is 18.3 Å². The maximum atomic E-state index is 13.8. The molecular formula is C59H80N16O17. The number of hydrogen-bond acceptors (Lipinski definition) is 18. The molecule has 1 aromatic carbocycles. The largest absolute Gasteiger partial charge is 0.459 e. The summed E-state index contributed by atoms with van der Waals surface area (Å²) in [4.78, 5) is 213. The number of esters is 1. The summed E-state index contributed by atoms with van der Waals surface area (Å²) in [5.41, 5.74) is 1.11. The zero-order chi connectivity index (χ0) is 67.4. The fraction of sp³-hybridized carbons (Fsp3) is 0.492. The van der Waals surface area contributed by atoms with Crippen LogP contribution < -0.4 is 87.9 Å². The van der Waals surface area contributed by atoms with Crippen LogP contribution in [-0.2, 0) is 75.9 Å². The number of carbonyl (C=O) groups is 8. The van der Waals surface area contributed by atoms with Gasteiger partial charge in [0.2, 0.25) is 41.4 Å². The van der Waals surface area contributed by atoms with E-state index in [2.05, 4.69) is 57.2 Å². The molecule has 0 radical (unpaired) electrons. The number of aromatic amines is 4. The van der Waals surface area contributed by atoms with Gasteiger partial charge in [-0.05, 0) is 117 Å². The average Bonchev–Trinajstić information content (AvgIpc) is 2.07. The molecule has 13 N–H and O–H groups in total. The van der Waals surface area contributed by atoms with Crippen LogP contribution in [0.3, 0.4) is 0 Å². The number of amides is 7. The van der Waals surface area contributed by atoms with Crippen molar-refractivity contribution in [2.75, 3.05) is 26.2 Å². The standard InChI is InChI=1S/C59H80N16O17/c1-35-26-72(56(88)68-48(35)80)30-44(76)64-40(18-8-12-22-60)52(84)61-23-13-9-19-41(65-45(77)31-73-27-36(2)49(81)69-57(73)89)53(85)62-24-14-10-20-42(66-46(78)32-74-28-37(3)50(82)70-58(74)90)54(86)63-25-15-11-21-43(55(87)92-34-39-16-6-5-7-17-39)67-47(79)33-75-29-38(4)51(83)71-59(75)91/h5-7,16-17,26-29,40-43H,8-15,18-25,30-34,60H2,1-4H3,(H,61,84)(H,62,85)(H,63,86)(H,64,76)(H,65,77)(H,66,78)(H,67,79)(H,68,80,88)(H,69,81,89)(H,70,82,90)(H,71,83,91)/t40-,41-,42-,43-/m0/s1. The van der Waals surface area contributed by atoms with Crippen molar-refractivity contribution in [3.05, 3.63) is 166 Å². The van der Waals surface area contributed by atoms with Crippen LogP contribution in [0.25, 0.3) is 0 Å². The number of nitrogens with two attached hydrogens (primary N) is 1. The van der Waals surface area contributed by atoms with Crippen LogP contribution in [0.15, 0.2) is 93.5 Å². The van der Waals surface area contributed by atoms with Crippen molar-refractivity contribution in [1.82, 2.24) is 75.4 Å². The molecule has 0 spiro atoms. The highest BCUT2D eigenvalue weighted by atomic mass is 16.5. The first-order valence-corrected chi connectivity index (χ1v) is 29.9. The second-order valence-electron chi connectivity index (χ2n) is 22.0. The molecule has 33 heteroatoms. The van der Waals surface area contributed by atoms with Gasteiger partial charge in [0, 0.05) is 66.7 Å². The first-order valence-electron chi connectivity index (χ1n) is 29.9. The predicted molar refractivity (Wildman–Crippen MR) is 332 cm³/mol. The molecule has 33 nitrogen and oxygen atoms in total. The number of benzene rings is 1. The van der Waals surface area contributed by atoms with Gasteiger partial charge in [-0.15, -0.1) is 0 Å². The average molecular weight is 1290 g/mol. The van der Waals surface area contributed by atoms with Gasteiger partial charge in [0.25, 0.3) is 22.2 Å². The van der Waals surface area contributed by atoms with Crippen molar-refractivity contribution in [2.24, 2.45) is 5.73 Å². The highest BCUT2D eigenvalue weighted by Crippen LogP contribution is 2.10. The van der Waals surface area contributed by atoms with Crippen molar-refractivity contribution in [1.29, 1.82) is 0 Å². The molecule has 7 amide bonds. The highest BCUT2D eigenvalue weighted by Gasteiger charge is 2.27. The molecule has 498 valence electrons. The Morgan fingerprint density at radius 1 is 0.413 bits per heavy atom. The number of nitrogens with one attached hydrogen (secondary N) is 11. The Bertz CT molecular complexity index is 3920. The maximum absolute atomic E-state index is 13.8. The van der Waals surface area contributed by atoms with Crippen molar-refractivity contribution < 1.29 is 43.1 Å².